The van der Waals surface area contributed by atoms with Crippen molar-refractivity contribution in [2.45, 2.75) is 45.4 Å². The molecule has 130 valence electrons. The van der Waals surface area contributed by atoms with Crippen molar-refractivity contribution in [2.75, 3.05) is 6.54 Å². The van der Waals surface area contributed by atoms with Crippen molar-refractivity contribution >= 4 is 6.03 Å². The monoisotopic (exact) mass is 330 g/mol. The van der Waals surface area contributed by atoms with Gasteiger partial charge in [-0.15, -0.1) is 0 Å². The van der Waals surface area contributed by atoms with Gasteiger partial charge in [-0.1, -0.05) is 38.1 Å². The van der Waals surface area contributed by atoms with E-state index < -0.39 is 5.60 Å². The Morgan fingerprint density at radius 1 is 1.25 bits per heavy atom. The van der Waals surface area contributed by atoms with Crippen molar-refractivity contribution in [1.82, 2.24) is 20.2 Å². The number of imidazole rings is 1. The fourth-order valence-corrected chi connectivity index (χ4v) is 2.42. The Balaban J connectivity index is 1.82. The van der Waals surface area contributed by atoms with E-state index in [1.807, 2.05) is 42.8 Å². The van der Waals surface area contributed by atoms with Crippen LogP contribution in [0.25, 0.3) is 0 Å². The van der Waals surface area contributed by atoms with Gasteiger partial charge in [0.15, 0.2) is 0 Å². The number of hydrogen-bond acceptors (Lipinski definition) is 3. The van der Waals surface area contributed by atoms with E-state index >= 15 is 0 Å². The maximum absolute atomic E-state index is 11.9. The molecule has 0 atom stereocenters. The zero-order valence-electron chi connectivity index (χ0n) is 14.3. The second kappa shape index (κ2) is 8.49. The number of nitrogens with zero attached hydrogens (tertiary/aromatic N) is 2. The largest absolute Gasteiger partial charge is 0.388 e. The normalized spacial score (nSPS) is 11.3. The van der Waals surface area contributed by atoms with Gasteiger partial charge in [-0.3, -0.25) is 0 Å². The number of carbonyl (C=O) groups is 1. The van der Waals surface area contributed by atoms with Crippen LogP contribution < -0.4 is 10.6 Å². The highest BCUT2D eigenvalue weighted by Crippen LogP contribution is 2.12. The summed E-state index contributed by atoms with van der Waals surface area (Å²) < 4.78 is 2.00. The first-order chi connectivity index (χ1) is 11.5. The Morgan fingerprint density at radius 3 is 2.67 bits per heavy atom. The van der Waals surface area contributed by atoms with E-state index in [1.54, 1.807) is 12.5 Å². The molecular weight excluding hydrogens is 304 g/mol. The lowest BCUT2D eigenvalue weighted by Gasteiger charge is -2.25. The topological polar surface area (TPSA) is 79.2 Å². The zero-order chi connectivity index (χ0) is 17.4. The SMILES string of the molecule is CCC(O)(CC)CNC(=O)NCc1cccc(Cn2ccnc2)c1. The molecule has 0 spiro atoms. The molecule has 6 heteroatoms. The molecule has 0 aliphatic rings. The molecule has 2 aromatic rings. The number of rotatable bonds is 8. The Hall–Kier alpha value is -2.34. The molecule has 2 amide bonds. The molecule has 0 saturated carbocycles. The third-order valence-corrected chi connectivity index (χ3v) is 4.26. The molecule has 0 radical (unpaired) electrons. The van der Waals surface area contributed by atoms with Gasteiger partial charge in [0, 0.05) is 32.0 Å². The van der Waals surface area contributed by atoms with Crippen LogP contribution in [0.1, 0.15) is 37.8 Å². The Morgan fingerprint density at radius 2 is 2.00 bits per heavy atom. The first-order valence-electron chi connectivity index (χ1n) is 8.32. The Labute approximate surface area is 142 Å². The molecule has 0 unspecified atom stereocenters. The van der Waals surface area contributed by atoms with Gasteiger partial charge in [-0.25, -0.2) is 9.78 Å². The predicted molar refractivity (Wildman–Crippen MR) is 93.5 cm³/mol. The lowest BCUT2D eigenvalue weighted by molar-refractivity contribution is 0.0349. The van der Waals surface area contributed by atoms with Crippen molar-refractivity contribution in [3.63, 3.8) is 0 Å². The van der Waals surface area contributed by atoms with Crippen molar-refractivity contribution in [1.29, 1.82) is 0 Å². The highest BCUT2D eigenvalue weighted by Gasteiger charge is 2.22. The van der Waals surface area contributed by atoms with Gasteiger partial charge in [0.2, 0.25) is 0 Å². The summed E-state index contributed by atoms with van der Waals surface area (Å²) in [4.78, 5) is 15.9. The number of hydrogen-bond donors (Lipinski definition) is 3. The van der Waals surface area contributed by atoms with Crippen LogP contribution in [0.2, 0.25) is 0 Å². The number of carbonyl (C=O) groups excluding carboxylic acids is 1. The highest BCUT2D eigenvalue weighted by atomic mass is 16.3. The zero-order valence-corrected chi connectivity index (χ0v) is 14.3. The number of aliphatic hydroxyl groups is 1. The number of aromatic nitrogens is 2. The van der Waals surface area contributed by atoms with E-state index in [-0.39, 0.29) is 12.6 Å². The van der Waals surface area contributed by atoms with Crippen LogP contribution in [0.15, 0.2) is 43.0 Å². The Kier molecular flexibility index (Phi) is 6.37. The number of nitrogens with one attached hydrogen (secondary N) is 2. The van der Waals surface area contributed by atoms with E-state index in [9.17, 15) is 9.90 Å². The third kappa shape index (κ3) is 5.38. The van der Waals surface area contributed by atoms with Crippen LogP contribution in [-0.4, -0.2) is 32.8 Å². The third-order valence-electron chi connectivity index (χ3n) is 4.26. The van der Waals surface area contributed by atoms with Gasteiger partial charge in [-0.2, -0.15) is 0 Å². The quantitative estimate of drug-likeness (QED) is 0.695. The minimum Gasteiger partial charge on any atom is -0.388 e. The van der Waals surface area contributed by atoms with Gasteiger partial charge in [0.25, 0.3) is 0 Å². The van der Waals surface area contributed by atoms with Crippen LogP contribution in [-0.2, 0) is 13.1 Å². The number of urea groups is 1. The summed E-state index contributed by atoms with van der Waals surface area (Å²) in [7, 11) is 0. The van der Waals surface area contributed by atoms with Crippen LogP contribution in [0.4, 0.5) is 4.79 Å². The lowest BCUT2D eigenvalue weighted by atomic mass is 9.98. The average Bonchev–Trinajstić information content (AvgIpc) is 3.11. The summed E-state index contributed by atoms with van der Waals surface area (Å²) >= 11 is 0. The van der Waals surface area contributed by atoms with Gasteiger partial charge >= 0.3 is 6.03 Å². The number of amides is 2. The van der Waals surface area contributed by atoms with Crippen LogP contribution in [0.3, 0.4) is 0 Å². The van der Waals surface area contributed by atoms with Gasteiger partial charge in [-0.05, 0) is 24.0 Å². The molecule has 0 aliphatic carbocycles. The summed E-state index contributed by atoms with van der Waals surface area (Å²) in [5, 5.41) is 15.7. The van der Waals surface area contributed by atoms with Crippen molar-refractivity contribution in [2.24, 2.45) is 0 Å². The summed E-state index contributed by atoms with van der Waals surface area (Å²) in [5.41, 5.74) is 1.35. The summed E-state index contributed by atoms with van der Waals surface area (Å²) in [6.07, 6.45) is 6.67. The molecule has 0 saturated heterocycles. The molecule has 1 aromatic heterocycles. The minimum absolute atomic E-state index is 0.256. The first kappa shape index (κ1) is 18.0. The molecular formula is C18H26N4O2. The molecule has 24 heavy (non-hydrogen) atoms. The van der Waals surface area contributed by atoms with E-state index in [4.69, 9.17) is 0 Å². The second-order valence-corrected chi connectivity index (χ2v) is 6.02. The van der Waals surface area contributed by atoms with E-state index in [0.717, 1.165) is 17.7 Å². The Bertz CT molecular complexity index is 636. The second-order valence-electron chi connectivity index (χ2n) is 6.02. The summed E-state index contributed by atoms with van der Waals surface area (Å²) in [6.45, 7) is 5.27. The van der Waals surface area contributed by atoms with E-state index in [0.29, 0.717) is 19.4 Å². The number of benzene rings is 1. The van der Waals surface area contributed by atoms with Gasteiger partial charge in [0.1, 0.15) is 0 Å². The maximum Gasteiger partial charge on any atom is 0.315 e. The summed E-state index contributed by atoms with van der Waals surface area (Å²) in [6, 6.07) is 7.80. The van der Waals surface area contributed by atoms with Crippen molar-refractivity contribution in [3.05, 3.63) is 54.1 Å². The highest BCUT2D eigenvalue weighted by molar-refractivity contribution is 5.73. The minimum atomic E-state index is -0.831. The average molecular weight is 330 g/mol. The molecule has 2 rings (SSSR count). The van der Waals surface area contributed by atoms with Crippen LogP contribution in [0.5, 0.6) is 0 Å². The standard InChI is InChI=1S/C18H26N4O2/c1-3-18(24,4-2)13-21-17(23)20-11-15-6-5-7-16(10-15)12-22-9-8-19-14-22/h5-10,14,24H,3-4,11-13H2,1-2H3,(H2,20,21,23). The van der Waals surface area contributed by atoms with Crippen molar-refractivity contribution in [3.8, 4) is 0 Å². The fraction of sp³-hybridized carbons (Fsp3) is 0.444. The molecule has 1 heterocycles. The van der Waals surface area contributed by atoms with Crippen LogP contribution in [0, 0.1) is 0 Å². The molecule has 0 fully saturated rings. The fourth-order valence-electron chi connectivity index (χ4n) is 2.42. The predicted octanol–water partition coefficient (Wildman–Crippen LogP) is 2.28. The lowest BCUT2D eigenvalue weighted by Crippen LogP contribution is -2.45. The molecule has 6 nitrogen and oxygen atoms in total. The maximum atomic E-state index is 11.9. The van der Waals surface area contributed by atoms with Crippen LogP contribution >= 0.6 is 0 Å². The van der Waals surface area contributed by atoms with Crippen molar-refractivity contribution < 1.29 is 9.90 Å². The van der Waals surface area contributed by atoms with E-state index in [2.05, 4.69) is 21.7 Å². The smallest absolute Gasteiger partial charge is 0.315 e. The first-order valence-corrected chi connectivity index (χ1v) is 8.32. The molecule has 1 aromatic carbocycles. The van der Waals surface area contributed by atoms with E-state index in [1.165, 1.54) is 0 Å². The summed E-state index contributed by atoms with van der Waals surface area (Å²) in [5.74, 6) is 0. The molecule has 3 N–H and O–H groups in total. The van der Waals surface area contributed by atoms with Gasteiger partial charge < -0.3 is 20.3 Å². The van der Waals surface area contributed by atoms with Gasteiger partial charge in [0.05, 0.1) is 11.9 Å². The molecule has 0 bridgehead atoms. The molecule has 0 aliphatic heterocycles.